The van der Waals surface area contributed by atoms with Crippen LogP contribution in [0.4, 0.5) is 0 Å². The van der Waals surface area contributed by atoms with Gasteiger partial charge in [-0.15, -0.1) is 0 Å². The summed E-state index contributed by atoms with van der Waals surface area (Å²) < 4.78 is 5.46. The Bertz CT molecular complexity index is 934. The highest BCUT2D eigenvalue weighted by Crippen LogP contribution is 2.34. The Labute approximate surface area is 185 Å². The average Bonchev–Trinajstić information content (AvgIpc) is 3.15. The molecule has 31 heavy (non-hydrogen) atoms. The molecule has 5 nitrogen and oxygen atoms in total. The number of ketones is 1. The molecule has 0 N–H and O–H groups in total. The first kappa shape index (κ1) is 21.6. The fourth-order valence-corrected chi connectivity index (χ4v) is 5.00. The Morgan fingerprint density at radius 3 is 2.58 bits per heavy atom. The molecule has 0 radical (unpaired) electrons. The molecule has 0 bridgehead atoms. The number of methoxy groups -OCH3 is 1. The number of likely N-dealkylation sites (N-methyl/N-ethyl adjacent to an activating group) is 1. The van der Waals surface area contributed by atoms with E-state index in [4.69, 9.17) is 4.74 Å². The average molecular weight is 421 g/mol. The van der Waals surface area contributed by atoms with E-state index in [9.17, 15) is 9.59 Å². The van der Waals surface area contributed by atoms with Crippen molar-refractivity contribution < 1.29 is 14.3 Å². The molecule has 1 atom stereocenters. The normalized spacial score (nSPS) is 19.3. The van der Waals surface area contributed by atoms with Crippen molar-refractivity contribution in [2.24, 2.45) is 5.92 Å². The number of para-hydroxylation sites is 1. The molecule has 0 aromatic heterocycles. The maximum Gasteiger partial charge on any atom is 0.230 e. The molecule has 0 saturated carbocycles. The number of carbonyl (C=O) groups is 2. The van der Waals surface area contributed by atoms with E-state index >= 15 is 0 Å². The maximum atomic E-state index is 13.1. The van der Waals surface area contributed by atoms with E-state index in [1.54, 1.807) is 7.11 Å². The Hall–Kier alpha value is -2.66. The van der Waals surface area contributed by atoms with Crippen LogP contribution in [0.25, 0.3) is 0 Å². The molecular formula is C26H32N2O3. The quantitative estimate of drug-likeness (QED) is 0.684. The molecule has 2 aromatic rings. The maximum absolute atomic E-state index is 13.1. The summed E-state index contributed by atoms with van der Waals surface area (Å²) in [5, 5.41) is 0. The van der Waals surface area contributed by atoms with E-state index in [2.05, 4.69) is 17.0 Å². The number of Topliss-reactive ketones (excluding diaryl/α,β-unsaturated/α-hetero) is 1. The number of carbonyl (C=O) groups excluding carboxylic acids is 2. The third kappa shape index (κ3) is 4.82. The number of piperidine rings is 1. The van der Waals surface area contributed by atoms with Crippen molar-refractivity contribution in [3.8, 4) is 5.75 Å². The van der Waals surface area contributed by atoms with Gasteiger partial charge in [-0.3, -0.25) is 9.59 Å². The zero-order chi connectivity index (χ0) is 21.8. The second-order valence-corrected chi connectivity index (χ2v) is 8.83. The zero-order valence-electron chi connectivity index (χ0n) is 18.5. The summed E-state index contributed by atoms with van der Waals surface area (Å²) in [6, 6.07) is 15.8. The fourth-order valence-electron chi connectivity index (χ4n) is 5.00. The molecule has 1 aliphatic heterocycles. The molecule has 1 aliphatic carbocycles. The number of rotatable bonds is 7. The number of nitrogens with zero attached hydrogens (tertiary/aromatic N) is 2. The number of amides is 1. The third-order valence-electron chi connectivity index (χ3n) is 6.83. The molecule has 4 rings (SSSR count). The predicted octanol–water partition coefficient (Wildman–Crippen LogP) is 3.78. The van der Waals surface area contributed by atoms with Gasteiger partial charge in [-0.05, 0) is 55.5 Å². The highest BCUT2D eigenvalue weighted by atomic mass is 16.5. The first-order valence-corrected chi connectivity index (χ1v) is 11.3. The molecule has 1 saturated heterocycles. The van der Waals surface area contributed by atoms with E-state index in [1.807, 2.05) is 48.3 Å². The van der Waals surface area contributed by atoms with Gasteiger partial charge in [-0.1, -0.05) is 42.5 Å². The van der Waals surface area contributed by atoms with Gasteiger partial charge >= 0.3 is 0 Å². The number of hydrogen-bond acceptors (Lipinski definition) is 4. The summed E-state index contributed by atoms with van der Waals surface area (Å²) in [7, 11) is 3.62. The highest BCUT2D eigenvalue weighted by molar-refractivity contribution is 6.06. The molecule has 164 valence electrons. The highest BCUT2D eigenvalue weighted by Gasteiger charge is 2.36. The van der Waals surface area contributed by atoms with Gasteiger partial charge in [0.2, 0.25) is 5.91 Å². The van der Waals surface area contributed by atoms with Crippen LogP contribution in [-0.2, 0) is 11.2 Å². The molecule has 0 unspecified atom stereocenters. The van der Waals surface area contributed by atoms with Gasteiger partial charge in [0.25, 0.3) is 0 Å². The van der Waals surface area contributed by atoms with Crippen molar-refractivity contribution in [1.82, 2.24) is 9.80 Å². The van der Waals surface area contributed by atoms with E-state index < -0.39 is 0 Å². The largest absolute Gasteiger partial charge is 0.496 e. The van der Waals surface area contributed by atoms with Gasteiger partial charge in [-0.25, -0.2) is 0 Å². The number of fused-ring (bicyclic) bond motifs is 1. The lowest BCUT2D eigenvalue weighted by Gasteiger charge is -2.34. The van der Waals surface area contributed by atoms with Gasteiger partial charge in [0, 0.05) is 32.1 Å². The minimum atomic E-state index is -0.311. The van der Waals surface area contributed by atoms with Crippen LogP contribution in [0.3, 0.4) is 0 Å². The molecule has 2 aromatic carbocycles. The van der Waals surface area contributed by atoms with Crippen LogP contribution >= 0.6 is 0 Å². The van der Waals surface area contributed by atoms with Crippen LogP contribution in [0.5, 0.6) is 5.75 Å². The summed E-state index contributed by atoms with van der Waals surface area (Å²) >= 11 is 0. The number of hydrogen-bond donors (Lipinski definition) is 0. The predicted molar refractivity (Wildman–Crippen MR) is 122 cm³/mol. The molecule has 5 heteroatoms. The minimum Gasteiger partial charge on any atom is -0.496 e. The van der Waals surface area contributed by atoms with Crippen molar-refractivity contribution in [2.45, 2.75) is 31.6 Å². The monoisotopic (exact) mass is 420 g/mol. The van der Waals surface area contributed by atoms with Crippen LogP contribution in [0.2, 0.25) is 0 Å². The first-order chi connectivity index (χ1) is 15.1. The van der Waals surface area contributed by atoms with Gasteiger partial charge in [0.15, 0.2) is 5.78 Å². The topological polar surface area (TPSA) is 49.9 Å². The molecule has 1 amide bonds. The second kappa shape index (κ2) is 9.65. The van der Waals surface area contributed by atoms with E-state index in [0.29, 0.717) is 12.3 Å². The van der Waals surface area contributed by atoms with Crippen molar-refractivity contribution in [3.05, 3.63) is 65.2 Å². The molecular weight excluding hydrogens is 388 g/mol. The Morgan fingerprint density at radius 1 is 1.10 bits per heavy atom. The van der Waals surface area contributed by atoms with Crippen LogP contribution in [0.15, 0.2) is 48.5 Å². The minimum absolute atomic E-state index is 0.0805. The van der Waals surface area contributed by atoms with Crippen LogP contribution in [0.1, 0.15) is 46.7 Å². The van der Waals surface area contributed by atoms with Gasteiger partial charge in [0.05, 0.1) is 13.0 Å². The lowest BCUT2D eigenvalue weighted by molar-refractivity contribution is -0.132. The molecule has 1 fully saturated rings. The smallest absolute Gasteiger partial charge is 0.230 e. The SMILES string of the molecule is COc1ccccc1CCN1CCC(CN(C)C(=O)[C@@H]2CC(=O)c3ccccc32)CC1. The summed E-state index contributed by atoms with van der Waals surface area (Å²) in [6.07, 6.45) is 3.50. The van der Waals surface area contributed by atoms with Gasteiger partial charge in [-0.2, -0.15) is 0 Å². The van der Waals surface area contributed by atoms with Gasteiger partial charge in [0.1, 0.15) is 5.75 Å². The molecule has 2 aliphatic rings. The number of likely N-dealkylation sites (tertiary alicyclic amines) is 1. The number of ether oxygens (including phenoxy) is 1. The van der Waals surface area contributed by atoms with E-state index in [1.165, 1.54) is 5.56 Å². The van der Waals surface area contributed by atoms with Gasteiger partial charge < -0.3 is 14.5 Å². The van der Waals surface area contributed by atoms with Crippen molar-refractivity contribution in [3.63, 3.8) is 0 Å². The number of benzene rings is 2. The lowest BCUT2D eigenvalue weighted by atomic mass is 9.94. The molecule has 0 spiro atoms. The van der Waals surface area contributed by atoms with E-state index in [-0.39, 0.29) is 17.6 Å². The first-order valence-electron chi connectivity index (χ1n) is 11.3. The van der Waals surface area contributed by atoms with Crippen molar-refractivity contribution >= 4 is 11.7 Å². The van der Waals surface area contributed by atoms with Crippen LogP contribution < -0.4 is 4.74 Å². The van der Waals surface area contributed by atoms with Crippen LogP contribution in [0, 0.1) is 5.92 Å². The Morgan fingerprint density at radius 2 is 1.81 bits per heavy atom. The van der Waals surface area contributed by atoms with Crippen molar-refractivity contribution in [2.75, 3.05) is 40.3 Å². The fraction of sp³-hybridized carbons (Fsp3) is 0.462. The summed E-state index contributed by atoms with van der Waals surface area (Å²) in [5.41, 5.74) is 2.87. The van der Waals surface area contributed by atoms with Crippen LogP contribution in [-0.4, -0.2) is 61.8 Å². The van der Waals surface area contributed by atoms with E-state index in [0.717, 1.165) is 62.3 Å². The third-order valence-corrected chi connectivity index (χ3v) is 6.83. The lowest BCUT2D eigenvalue weighted by Crippen LogP contribution is -2.41. The van der Waals surface area contributed by atoms with Crippen molar-refractivity contribution in [1.29, 1.82) is 0 Å². The summed E-state index contributed by atoms with van der Waals surface area (Å²) in [4.78, 5) is 29.7. The Balaban J connectivity index is 1.25. The summed E-state index contributed by atoms with van der Waals surface area (Å²) in [5.74, 6) is 1.34. The summed E-state index contributed by atoms with van der Waals surface area (Å²) in [6.45, 7) is 3.92. The Kier molecular flexibility index (Phi) is 6.71. The standard InChI is InChI=1S/C26H32N2O3/c1-27(26(30)23-17-24(29)22-9-5-4-8-21(22)23)18-19-11-14-28(15-12-19)16-13-20-7-3-6-10-25(20)31-2/h3-10,19,23H,11-18H2,1-2H3/t23-/m1/s1. The molecule has 1 heterocycles. The second-order valence-electron chi connectivity index (χ2n) is 8.83. The zero-order valence-corrected chi connectivity index (χ0v) is 18.5.